The fourth-order valence-electron chi connectivity index (χ4n) is 2.46. The lowest BCUT2D eigenvalue weighted by molar-refractivity contribution is -0.122. The van der Waals surface area contributed by atoms with Gasteiger partial charge in [-0.2, -0.15) is 8.78 Å². The van der Waals surface area contributed by atoms with E-state index >= 15 is 0 Å². The van der Waals surface area contributed by atoms with Gasteiger partial charge in [0.2, 0.25) is 5.91 Å². The molecule has 1 atom stereocenters. The summed E-state index contributed by atoms with van der Waals surface area (Å²) in [6.07, 6.45) is 1.99. The number of ether oxygens (including phenoxy) is 2. The lowest BCUT2D eigenvalue weighted by Gasteiger charge is -2.23. The van der Waals surface area contributed by atoms with E-state index in [9.17, 15) is 18.4 Å². The summed E-state index contributed by atoms with van der Waals surface area (Å²) in [4.78, 5) is 23.8. The molecule has 0 saturated carbocycles. The van der Waals surface area contributed by atoms with Crippen molar-refractivity contribution in [3.63, 3.8) is 0 Å². The van der Waals surface area contributed by atoms with Gasteiger partial charge in [0.25, 0.3) is 5.91 Å². The highest BCUT2D eigenvalue weighted by Gasteiger charge is 2.23. The van der Waals surface area contributed by atoms with E-state index < -0.39 is 18.6 Å². The minimum absolute atomic E-state index is 0.0284. The fourth-order valence-corrected chi connectivity index (χ4v) is 2.46. The predicted octanol–water partition coefficient (Wildman–Crippen LogP) is 3.66. The maximum Gasteiger partial charge on any atom is 0.387 e. The van der Waals surface area contributed by atoms with Gasteiger partial charge in [-0.3, -0.25) is 9.59 Å². The molecule has 0 radical (unpaired) electrons. The lowest BCUT2D eigenvalue weighted by atomic mass is 10.2. The van der Waals surface area contributed by atoms with Gasteiger partial charge in [-0.05, 0) is 37.3 Å². The van der Waals surface area contributed by atoms with E-state index in [1.165, 1.54) is 18.2 Å². The van der Waals surface area contributed by atoms with E-state index in [1.807, 2.05) is 0 Å². The molecule has 0 aromatic heterocycles. The van der Waals surface area contributed by atoms with Crippen LogP contribution in [0.15, 0.2) is 48.5 Å². The summed E-state index contributed by atoms with van der Waals surface area (Å²) in [5, 5.41) is 5.31. The number of fused-ring (bicyclic) bond motifs is 1. The number of halogens is 2. The second-order valence-corrected chi connectivity index (χ2v) is 5.70. The molecule has 2 aromatic carbocycles. The Hall–Kier alpha value is -3.42. The molecule has 2 amide bonds. The number of alkyl halides is 2. The second kappa shape index (κ2) is 7.86. The predicted molar refractivity (Wildman–Crippen MR) is 95.9 cm³/mol. The Bertz CT molecular complexity index is 899. The van der Waals surface area contributed by atoms with Crippen LogP contribution >= 0.6 is 0 Å². The molecule has 1 unspecified atom stereocenters. The molecular weight excluding hydrogens is 358 g/mol. The molecular formula is C19H16F2N2O4. The second-order valence-electron chi connectivity index (χ2n) is 5.70. The van der Waals surface area contributed by atoms with Crippen LogP contribution in [0, 0.1) is 0 Å². The SMILES string of the molecule is CC1Oc2ccc(NC(=O)/C=C/c3ccccc3OC(F)F)cc2NC1=O. The smallest absolute Gasteiger partial charge is 0.387 e. The first-order chi connectivity index (χ1) is 12.9. The number of hydrogen-bond donors (Lipinski definition) is 2. The van der Waals surface area contributed by atoms with Gasteiger partial charge < -0.3 is 20.1 Å². The molecule has 140 valence electrons. The van der Waals surface area contributed by atoms with Crippen LogP contribution in [-0.4, -0.2) is 24.5 Å². The first kappa shape index (κ1) is 18.4. The summed E-state index contributed by atoms with van der Waals surface area (Å²) in [5.41, 5.74) is 1.24. The van der Waals surface area contributed by atoms with Crippen molar-refractivity contribution >= 4 is 29.3 Å². The molecule has 0 spiro atoms. The number of carbonyl (C=O) groups is 2. The molecule has 0 fully saturated rings. The highest BCUT2D eigenvalue weighted by molar-refractivity contribution is 6.03. The Morgan fingerprint density at radius 2 is 2.07 bits per heavy atom. The number of para-hydroxylation sites is 1. The van der Waals surface area contributed by atoms with Crippen LogP contribution < -0.4 is 20.1 Å². The molecule has 2 aromatic rings. The summed E-state index contributed by atoms with van der Waals surface area (Å²) < 4.78 is 34.7. The van der Waals surface area contributed by atoms with Crippen molar-refractivity contribution in [1.82, 2.24) is 0 Å². The molecule has 0 aliphatic carbocycles. The minimum atomic E-state index is -2.95. The first-order valence-corrected chi connectivity index (χ1v) is 8.07. The summed E-state index contributed by atoms with van der Waals surface area (Å²) >= 11 is 0. The van der Waals surface area contributed by atoms with Gasteiger partial charge in [-0.25, -0.2) is 0 Å². The van der Waals surface area contributed by atoms with Gasteiger partial charge >= 0.3 is 6.61 Å². The Morgan fingerprint density at radius 1 is 1.30 bits per heavy atom. The van der Waals surface area contributed by atoms with Crippen molar-refractivity contribution in [3.8, 4) is 11.5 Å². The molecule has 27 heavy (non-hydrogen) atoms. The normalized spacial score (nSPS) is 15.9. The molecule has 1 aliphatic rings. The fraction of sp³-hybridized carbons (Fsp3) is 0.158. The van der Waals surface area contributed by atoms with E-state index in [2.05, 4.69) is 15.4 Å². The lowest BCUT2D eigenvalue weighted by Crippen LogP contribution is -2.34. The van der Waals surface area contributed by atoms with Gasteiger partial charge in [0.05, 0.1) is 5.69 Å². The van der Waals surface area contributed by atoms with E-state index in [1.54, 1.807) is 43.3 Å². The molecule has 1 aliphatic heterocycles. The third-order valence-corrected chi connectivity index (χ3v) is 3.73. The Balaban J connectivity index is 1.69. The van der Waals surface area contributed by atoms with Gasteiger partial charge in [0.1, 0.15) is 11.5 Å². The number of carbonyl (C=O) groups excluding carboxylic acids is 2. The van der Waals surface area contributed by atoms with Crippen LogP contribution in [0.5, 0.6) is 11.5 Å². The Morgan fingerprint density at radius 3 is 2.85 bits per heavy atom. The summed E-state index contributed by atoms with van der Waals surface area (Å²) in [7, 11) is 0. The average Bonchev–Trinajstić information content (AvgIpc) is 2.62. The topological polar surface area (TPSA) is 76.7 Å². The standard InChI is InChI=1S/C19H16F2N2O4/c1-11-18(25)23-14-10-13(7-8-16(14)26-11)22-17(24)9-6-12-4-2-3-5-15(12)27-19(20)21/h2-11,19H,1H3,(H,22,24)(H,23,25)/b9-6+. The van der Waals surface area contributed by atoms with Gasteiger partial charge in [-0.1, -0.05) is 18.2 Å². The summed E-state index contributed by atoms with van der Waals surface area (Å²) in [6, 6.07) is 11.0. The number of anilines is 2. The number of rotatable bonds is 5. The van der Waals surface area contributed by atoms with Crippen LogP contribution in [0.4, 0.5) is 20.2 Å². The molecule has 1 heterocycles. The number of hydrogen-bond acceptors (Lipinski definition) is 4. The van der Waals surface area contributed by atoms with Gasteiger partial charge in [-0.15, -0.1) is 0 Å². The van der Waals surface area contributed by atoms with Crippen molar-refractivity contribution in [2.75, 3.05) is 10.6 Å². The maximum atomic E-state index is 12.4. The highest BCUT2D eigenvalue weighted by atomic mass is 19.3. The number of nitrogens with one attached hydrogen (secondary N) is 2. The largest absolute Gasteiger partial charge is 0.479 e. The van der Waals surface area contributed by atoms with E-state index in [4.69, 9.17) is 4.74 Å². The molecule has 8 heteroatoms. The van der Waals surface area contributed by atoms with Crippen LogP contribution in [-0.2, 0) is 9.59 Å². The zero-order chi connectivity index (χ0) is 19.4. The highest BCUT2D eigenvalue weighted by Crippen LogP contribution is 2.32. The first-order valence-electron chi connectivity index (χ1n) is 8.07. The monoisotopic (exact) mass is 374 g/mol. The quantitative estimate of drug-likeness (QED) is 0.783. The van der Waals surface area contributed by atoms with Crippen LogP contribution in [0.1, 0.15) is 12.5 Å². The van der Waals surface area contributed by atoms with Crippen molar-refractivity contribution in [3.05, 3.63) is 54.1 Å². The van der Waals surface area contributed by atoms with Crippen LogP contribution in [0.3, 0.4) is 0 Å². The summed E-state index contributed by atoms with van der Waals surface area (Å²) in [6.45, 7) is -1.32. The van der Waals surface area contributed by atoms with Gasteiger partial charge in [0, 0.05) is 17.3 Å². The molecule has 0 saturated heterocycles. The van der Waals surface area contributed by atoms with Crippen molar-refractivity contribution < 1.29 is 27.8 Å². The zero-order valence-electron chi connectivity index (χ0n) is 14.2. The third-order valence-electron chi connectivity index (χ3n) is 3.73. The molecule has 0 bridgehead atoms. The molecule has 3 rings (SSSR count). The maximum absolute atomic E-state index is 12.4. The van der Waals surface area contributed by atoms with Crippen LogP contribution in [0.2, 0.25) is 0 Å². The zero-order valence-corrected chi connectivity index (χ0v) is 14.2. The Kier molecular flexibility index (Phi) is 5.35. The molecule has 2 N–H and O–H groups in total. The third kappa shape index (κ3) is 4.60. The van der Waals surface area contributed by atoms with E-state index in [0.29, 0.717) is 22.7 Å². The van der Waals surface area contributed by atoms with Crippen molar-refractivity contribution in [1.29, 1.82) is 0 Å². The van der Waals surface area contributed by atoms with Gasteiger partial charge in [0.15, 0.2) is 6.10 Å². The van der Waals surface area contributed by atoms with Crippen molar-refractivity contribution in [2.45, 2.75) is 19.6 Å². The average molecular weight is 374 g/mol. The minimum Gasteiger partial charge on any atom is -0.479 e. The van der Waals surface area contributed by atoms with Crippen LogP contribution in [0.25, 0.3) is 6.08 Å². The van der Waals surface area contributed by atoms with E-state index in [-0.39, 0.29) is 11.7 Å². The molecule has 6 nitrogen and oxygen atoms in total. The number of benzene rings is 2. The number of amides is 2. The Labute approximate surface area is 153 Å². The van der Waals surface area contributed by atoms with Crippen molar-refractivity contribution in [2.24, 2.45) is 0 Å². The summed E-state index contributed by atoms with van der Waals surface area (Å²) in [5.74, 6) is -0.271. The van der Waals surface area contributed by atoms with E-state index in [0.717, 1.165) is 0 Å².